The molecule has 0 spiro atoms. The van der Waals surface area contributed by atoms with Gasteiger partial charge < -0.3 is 5.11 Å². The second kappa shape index (κ2) is 16.4. The molecule has 0 radical (unpaired) electrons. The number of para-hydroxylation sites is 1. The van der Waals surface area contributed by atoms with Crippen molar-refractivity contribution in [1.29, 1.82) is 0 Å². The first-order valence-corrected chi connectivity index (χ1v) is 20.6. The van der Waals surface area contributed by atoms with Gasteiger partial charge in [-0.25, -0.2) is 4.98 Å². The van der Waals surface area contributed by atoms with Crippen LogP contribution in [0.1, 0.15) is 97.0 Å². The van der Waals surface area contributed by atoms with Crippen LogP contribution in [0, 0.1) is 19.9 Å². The Morgan fingerprint density at radius 2 is 1.30 bits per heavy atom. The van der Waals surface area contributed by atoms with Crippen molar-refractivity contribution in [3.8, 4) is 67.5 Å². The van der Waals surface area contributed by atoms with Crippen LogP contribution in [0.15, 0.2) is 133 Å². The Morgan fingerprint density at radius 3 is 1.97 bits per heavy atom. The van der Waals surface area contributed by atoms with Crippen molar-refractivity contribution < 1.29 is 33.0 Å². The van der Waals surface area contributed by atoms with Crippen molar-refractivity contribution in [1.82, 2.24) is 14.5 Å². The molecule has 0 fully saturated rings. The van der Waals surface area contributed by atoms with E-state index in [1.54, 1.807) is 18.3 Å². The van der Waals surface area contributed by atoms with Crippen molar-refractivity contribution in [2.75, 3.05) is 0 Å². The summed E-state index contributed by atoms with van der Waals surface area (Å²) in [6.07, 6.45) is 1.61. The van der Waals surface area contributed by atoms with Gasteiger partial charge in [0.25, 0.3) is 0 Å². The molecule has 1 N–H and O–H groups in total. The molecule has 0 aliphatic rings. The topological polar surface area (TPSA) is 50.9 Å². The van der Waals surface area contributed by atoms with Crippen molar-refractivity contribution in [3.63, 3.8) is 0 Å². The molecule has 5 heteroatoms. The zero-order chi connectivity index (χ0) is 47.1. The van der Waals surface area contributed by atoms with Crippen LogP contribution in [-0.4, -0.2) is 19.6 Å². The maximum absolute atomic E-state index is 12.4. The van der Waals surface area contributed by atoms with Crippen LogP contribution < -0.4 is 0 Å². The number of phenols is 1. The minimum absolute atomic E-state index is 0. The number of phenolic OH excluding ortho intramolecular Hbond substituents is 1. The Bertz CT molecular complexity index is 3160. The number of aromatic hydroxyl groups is 1. The second-order valence-electron chi connectivity index (χ2n) is 19.0. The first kappa shape index (κ1) is 37.2. The molecule has 0 atom stereocenters. The van der Waals surface area contributed by atoms with Gasteiger partial charge in [-0.1, -0.05) is 158 Å². The number of rotatable bonds is 6. The number of benzene rings is 6. The van der Waals surface area contributed by atoms with Crippen molar-refractivity contribution >= 4 is 11.0 Å². The molecular weight excluding hydrogens is 926 g/mol. The number of aromatic nitrogens is 3. The van der Waals surface area contributed by atoms with Gasteiger partial charge in [0, 0.05) is 44.2 Å². The SMILES string of the molecule is [2H]c1c([2H])c([2H])c(-c2ccnc(-c3[c-]c(-c4cccc5c4nc(-c4cc(C(C)(C)C)cc(C(C)(C)C)c4O)n5-c4cc(C)c(C)c(-c5ccccc5)c4)cc(C(C)(C)C)c3)c2)c([2H])c1[2H].[Pt]. The van der Waals surface area contributed by atoms with Crippen LogP contribution in [0.5, 0.6) is 5.75 Å². The molecule has 312 valence electrons. The van der Waals surface area contributed by atoms with Gasteiger partial charge in [-0.2, -0.15) is 0 Å². The summed E-state index contributed by atoms with van der Waals surface area (Å²) in [4.78, 5) is 10.3. The minimum atomic E-state index is -0.436. The van der Waals surface area contributed by atoms with Gasteiger partial charge in [0.1, 0.15) is 11.6 Å². The molecule has 0 amide bonds. The summed E-state index contributed by atoms with van der Waals surface area (Å²) in [5.41, 5.74) is 13.2. The largest absolute Gasteiger partial charge is 0.507 e. The normalized spacial score (nSPS) is 13.3. The number of pyridine rings is 1. The fourth-order valence-electron chi connectivity index (χ4n) is 7.87. The molecule has 0 aliphatic heterocycles. The molecule has 0 aliphatic carbocycles. The van der Waals surface area contributed by atoms with Gasteiger partial charge in [0.15, 0.2) is 0 Å². The maximum atomic E-state index is 12.4. The van der Waals surface area contributed by atoms with Crippen LogP contribution in [-0.2, 0) is 37.3 Å². The van der Waals surface area contributed by atoms with E-state index in [1.807, 2.05) is 12.1 Å². The quantitative estimate of drug-likeness (QED) is 0.169. The van der Waals surface area contributed by atoms with Crippen LogP contribution >= 0.6 is 0 Å². The van der Waals surface area contributed by atoms with E-state index in [4.69, 9.17) is 16.8 Å². The van der Waals surface area contributed by atoms with Gasteiger partial charge in [-0.15, -0.1) is 29.3 Å². The van der Waals surface area contributed by atoms with Crippen LogP contribution in [0.2, 0.25) is 0 Å². The summed E-state index contributed by atoms with van der Waals surface area (Å²) in [6, 6.07) is 34.8. The third kappa shape index (κ3) is 8.53. The number of hydrogen-bond donors (Lipinski definition) is 1. The average molecular weight is 987 g/mol. The third-order valence-electron chi connectivity index (χ3n) is 11.6. The maximum Gasteiger partial charge on any atom is 0.148 e. The summed E-state index contributed by atoms with van der Waals surface area (Å²) in [5.74, 6) is 0.813. The van der Waals surface area contributed by atoms with E-state index >= 15 is 0 Å². The fourth-order valence-corrected chi connectivity index (χ4v) is 7.87. The Hall–Kier alpha value is -5.57. The van der Waals surface area contributed by atoms with E-state index in [2.05, 4.69) is 160 Å². The molecule has 0 bridgehead atoms. The number of fused-ring (bicyclic) bond motifs is 1. The number of imidazole rings is 1. The van der Waals surface area contributed by atoms with E-state index in [1.165, 1.54) is 5.56 Å². The molecule has 61 heavy (non-hydrogen) atoms. The van der Waals surface area contributed by atoms with Crippen molar-refractivity contribution in [2.45, 2.75) is 92.4 Å². The molecule has 4 nitrogen and oxygen atoms in total. The van der Waals surface area contributed by atoms with E-state index < -0.39 is 6.04 Å². The Kier molecular flexibility index (Phi) is 9.98. The van der Waals surface area contributed by atoms with Gasteiger partial charge in [0.05, 0.1) is 23.5 Å². The van der Waals surface area contributed by atoms with Gasteiger partial charge in [-0.05, 0) is 99.4 Å². The number of hydrogen-bond acceptors (Lipinski definition) is 3. The molecule has 2 aromatic heterocycles. The first-order chi connectivity index (χ1) is 30.4. The Labute approximate surface area is 384 Å². The Morgan fingerprint density at radius 1 is 0.623 bits per heavy atom. The van der Waals surface area contributed by atoms with Crippen LogP contribution in [0.25, 0.3) is 72.7 Å². The summed E-state index contributed by atoms with van der Waals surface area (Å²) < 4.78 is 44.3. The zero-order valence-corrected chi connectivity index (χ0v) is 39.2. The van der Waals surface area contributed by atoms with Gasteiger partial charge in [0.2, 0.25) is 0 Å². The molecular formula is C56H56N3OPt-. The average Bonchev–Trinajstić information content (AvgIpc) is 3.65. The minimum Gasteiger partial charge on any atom is -0.507 e. The smallest absolute Gasteiger partial charge is 0.148 e. The predicted molar refractivity (Wildman–Crippen MR) is 252 cm³/mol. The molecule has 8 aromatic rings. The monoisotopic (exact) mass is 986 g/mol. The first-order valence-electron chi connectivity index (χ1n) is 23.1. The van der Waals surface area contributed by atoms with Gasteiger partial charge >= 0.3 is 0 Å². The summed E-state index contributed by atoms with van der Waals surface area (Å²) >= 11 is 0. The standard InChI is InChI=1S/C56H56N3O.Pt/c1-35-27-44(34-46(36(35)2)38-21-16-13-17-22-38)59-50-24-18-23-45(51(50)58-53(59)47-32-43(55(6,7)8)33-48(52(47)60)56(9,10)11)40-28-41(30-42(29-40)54(3,4)5)49-31-39(25-26-57-49)37-19-14-12-15-20-37;/h12-27,29-34,60H,1-11H3;/q-1;/i12D,14D,15D,19D,20D;. The molecule has 2 heterocycles. The summed E-state index contributed by atoms with van der Waals surface area (Å²) in [7, 11) is 0. The van der Waals surface area contributed by atoms with E-state index in [9.17, 15) is 5.11 Å². The van der Waals surface area contributed by atoms with Crippen molar-refractivity contribution in [2.24, 2.45) is 0 Å². The van der Waals surface area contributed by atoms with Crippen molar-refractivity contribution in [3.05, 3.63) is 167 Å². The Balaban J connectivity index is 0.00000648. The third-order valence-corrected chi connectivity index (χ3v) is 11.6. The van der Waals surface area contributed by atoms with E-state index in [-0.39, 0.29) is 72.8 Å². The summed E-state index contributed by atoms with van der Waals surface area (Å²) in [5, 5.41) is 12.4. The van der Waals surface area contributed by atoms with Gasteiger partial charge in [-0.3, -0.25) is 9.55 Å². The molecule has 6 aromatic carbocycles. The molecule has 8 rings (SSSR count). The van der Waals surface area contributed by atoms with E-state index in [0.29, 0.717) is 28.2 Å². The van der Waals surface area contributed by atoms with Crippen LogP contribution in [0.4, 0.5) is 0 Å². The predicted octanol–water partition coefficient (Wildman–Crippen LogP) is 14.8. The van der Waals surface area contributed by atoms with E-state index in [0.717, 1.165) is 61.2 Å². The molecule has 0 saturated carbocycles. The molecule has 0 saturated heterocycles. The summed E-state index contributed by atoms with van der Waals surface area (Å²) in [6.45, 7) is 23.7. The molecule has 0 unspecified atom stereocenters. The second-order valence-corrected chi connectivity index (χ2v) is 19.0. The number of aryl methyl sites for hydroxylation is 1. The zero-order valence-electron chi connectivity index (χ0n) is 41.9. The fraction of sp³-hybridized carbons (Fsp3) is 0.250. The van der Waals surface area contributed by atoms with Crippen LogP contribution in [0.3, 0.4) is 0 Å². The number of nitrogens with zero attached hydrogens (tertiary/aromatic N) is 3.